The summed E-state index contributed by atoms with van der Waals surface area (Å²) < 4.78 is 27.4. The Morgan fingerprint density at radius 1 is 1.41 bits per heavy atom. The third-order valence-corrected chi connectivity index (χ3v) is 6.40. The summed E-state index contributed by atoms with van der Waals surface area (Å²) in [5, 5.41) is 13.7. The monoisotopic (exact) mass is 420 g/mol. The Morgan fingerprint density at radius 3 is 2.70 bits per heavy atom. The lowest BCUT2D eigenvalue weighted by molar-refractivity contribution is -0.385. The lowest BCUT2D eigenvalue weighted by Gasteiger charge is -2.34. The van der Waals surface area contributed by atoms with E-state index in [4.69, 9.17) is 5.73 Å². The van der Waals surface area contributed by atoms with E-state index >= 15 is 0 Å². The van der Waals surface area contributed by atoms with Crippen LogP contribution in [-0.4, -0.2) is 49.2 Å². The van der Waals surface area contributed by atoms with Crippen LogP contribution in [0.4, 0.5) is 5.69 Å². The third kappa shape index (κ3) is 5.61. The summed E-state index contributed by atoms with van der Waals surface area (Å²) in [4.78, 5) is 22.1. The highest BCUT2D eigenvalue weighted by atomic mass is 35.5. The van der Waals surface area contributed by atoms with Crippen LogP contribution < -0.4 is 11.1 Å². The summed E-state index contributed by atoms with van der Waals surface area (Å²) in [5.74, 6) is -0.207. The van der Waals surface area contributed by atoms with Gasteiger partial charge in [0.15, 0.2) is 0 Å². The first kappa shape index (κ1) is 23.3. The van der Waals surface area contributed by atoms with E-state index in [9.17, 15) is 23.3 Å². The molecular weight excluding hydrogens is 396 g/mol. The van der Waals surface area contributed by atoms with Gasteiger partial charge in [0.1, 0.15) is 0 Å². The largest absolute Gasteiger partial charge is 0.354 e. The molecule has 1 aromatic rings. The highest BCUT2D eigenvalue weighted by Crippen LogP contribution is 2.28. The summed E-state index contributed by atoms with van der Waals surface area (Å²) in [6, 6.07) is 3.46. The SMILES string of the molecule is Cc1cc(S(=O)(=O)N2CCCCC2CNC(=O)CCN)ccc1[N+](=O)[O-].Cl. The smallest absolute Gasteiger partial charge is 0.272 e. The molecular formula is C16H25ClN4O5S. The number of sulfonamides is 1. The molecule has 1 aliphatic heterocycles. The van der Waals surface area contributed by atoms with Crippen molar-refractivity contribution in [1.82, 2.24) is 9.62 Å². The maximum absolute atomic E-state index is 13.0. The fourth-order valence-electron chi connectivity index (χ4n) is 3.07. The molecule has 1 saturated heterocycles. The van der Waals surface area contributed by atoms with Gasteiger partial charge in [-0.15, -0.1) is 12.4 Å². The average Bonchev–Trinajstić information content (AvgIpc) is 2.60. The van der Waals surface area contributed by atoms with Crippen molar-refractivity contribution in [2.75, 3.05) is 19.6 Å². The number of nitrogens with two attached hydrogens (primary N) is 1. The van der Waals surface area contributed by atoms with Crippen molar-refractivity contribution in [2.24, 2.45) is 5.73 Å². The summed E-state index contributed by atoms with van der Waals surface area (Å²) in [7, 11) is -3.80. The van der Waals surface area contributed by atoms with E-state index in [1.165, 1.54) is 29.4 Å². The number of carbonyl (C=O) groups excluding carboxylic acids is 1. The summed E-state index contributed by atoms with van der Waals surface area (Å²) >= 11 is 0. The van der Waals surface area contributed by atoms with Crippen LogP contribution in [0.3, 0.4) is 0 Å². The van der Waals surface area contributed by atoms with Gasteiger partial charge in [-0.25, -0.2) is 8.42 Å². The Bertz CT molecular complexity index is 787. The number of nitrogens with zero attached hydrogens (tertiary/aromatic N) is 2. The minimum atomic E-state index is -3.80. The molecule has 2 rings (SSSR count). The number of amides is 1. The van der Waals surface area contributed by atoms with Crippen molar-refractivity contribution in [3.8, 4) is 0 Å². The zero-order valence-corrected chi connectivity index (χ0v) is 16.7. The molecule has 3 N–H and O–H groups in total. The molecule has 0 spiro atoms. The van der Waals surface area contributed by atoms with Crippen LogP contribution >= 0.6 is 12.4 Å². The number of hydrogen-bond acceptors (Lipinski definition) is 6. The van der Waals surface area contributed by atoms with Crippen molar-refractivity contribution in [3.05, 3.63) is 33.9 Å². The summed E-state index contributed by atoms with van der Waals surface area (Å²) in [6.07, 6.45) is 2.45. The van der Waals surface area contributed by atoms with Crippen LogP contribution in [0.25, 0.3) is 0 Å². The number of rotatable bonds is 7. The first-order valence-electron chi connectivity index (χ1n) is 8.51. The predicted molar refractivity (Wildman–Crippen MR) is 103 cm³/mol. The first-order valence-corrected chi connectivity index (χ1v) is 9.95. The van der Waals surface area contributed by atoms with Gasteiger partial charge < -0.3 is 11.1 Å². The first-order chi connectivity index (χ1) is 12.3. The minimum Gasteiger partial charge on any atom is -0.354 e. The van der Waals surface area contributed by atoms with Crippen LogP contribution in [0.5, 0.6) is 0 Å². The third-order valence-electron chi connectivity index (χ3n) is 4.45. The molecule has 27 heavy (non-hydrogen) atoms. The van der Waals surface area contributed by atoms with Crippen LogP contribution in [0.15, 0.2) is 23.1 Å². The van der Waals surface area contributed by atoms with E-state index < -0.39 is 14.9 Å². The zero-order valence-electron chi connectivity index (χ0n) is 15.1. The molecule has 0 bridgehead atoms. The maximum Gasteiger partial charge on any atom is 0.272 e. The van der Waals surface area contributed by atoms with E-state index in [2.05, 4.69) is 5.32 Å². The predicted octanol–water partition coefficient (Wildman–Crippen LogP) is 1.33. The van der Waals surface area contributed by atoms with E-state index in [1.54, 1.807) is 0 Å². The Kier molecular flexibility index (Phi) is 8.60. The second-order valence-corrected chi connectivity index (χ2v) is 8.20. The second-order valence-electron chi connectivity index (χ2n) is 6.31. The Hall–Kier alpha value is -1.75. The van der Waals surface area contributed by atoms with Crippen LogP contribution in [0, 0.1) is 17.0 Å². The molecule has 1 aliphatic rings. The van der Waals surface area contributed by atoms with Gasteiger partial charge in [0.25, 0.3) is 5.69 Å². The number of nitro groups is 1. The second kappa shape index (κ2) is 9.98. The molecule has 0 radical (unpaired) electrons. The van der Waals surface area contributed by atoms with Gasteiger partial charge in [-0.1, -0.05) is 6.42 Å². The number of piperidine rings is 1. The van der Waals surface area contributed by atoms with Crippen molar-refractivity contribution < 1.29 is 18.1 Å². The van der Waals surface area contributed by atoms with Gasteiger partial charge in [0, 0.05) is 43.7 Å². The number of carbonyl (C=O) groups is 1. The summed E-state index contributed by atoms with van der Waals surface area (Å²) in [6.45, 7) is 2.33. The molecule has 1 aromatic carbocycles. The van der Waals surface area contributed by atoms with Crippen molar-refractivity contribution in [1.29, 1.82) is 0 Å². The normalized spacial score (nSPS) is 17.8. The molecule has 152 valence electrons. The zero-order chi connectivity index (χ0) is 19.3. The van der Waals surface area contributed by atoms with Gasteiger partial charge in [-0.3, -0.25) is 14.9 Å². The number of hydrogen-bond donors (Lipinski definition) is 2. The fourth-order valence-corrected chi connectivity index (χ4v) is 4.85. The van der Waals surface area contributed by atoms with Crippen molar-refractivity contribution in [2.45, 2.75) is 43.5 Å². The van der Waals surface area contributed by atoms with Gasteiger partial charge in [0.05, 0.1) is 9.82 Å². The van der Waals surface area contributed by atoms with Crippen LogP contribution in [-0.2, 0) is 14.8 Å². The van der Waals surface area contributed by atoms with Crippen molar-refractivity contribution >= 4 is 34.0 Å². The molecule has 0 saturated carbocycles. The Balaban J connectivity index is 0.00000364. The molecule has 0 aliphatic carbocycles. The average molecular weight is 421 g/mol. The van der Waals surface area contributed by atoms with Crippen molar-refractivity contribution in [3.63, 3.8) is 0 Å². The van der Waals surface area contributed by atoms with Crippen LogP contribution in [0.2, 0.25) is 0 Å². The van der Waals surface area contributed by atoms with Crippen LogP contribution in [0.1, 0.15) is 31.2 Å². The fraction of sp³-hybridized carbons (Fsp3) is 0.562. The molecule has 0 aromatic heterocycles. The molecule has 9 nitrogen and oxygen atoms in total. The van der Waals surface area contributed by atoms with Gasteiger partial charge in [-0.05, 0) is 31.9 Å². The van der Waals surface area contributed by atoms with E-state index in [0.717, 1.165) is 12.8 Å². The number of nitrogens with one attached hydrogen (secondary N) is 1. The Labute approximate surface area is 164 Å². The molecule has 1 heterocycles. The quantitative estimate of drug-likeness (QED) is 0.504. The highest BCUT2D eigenvalue weighted by molar-refractivity contribution is 7.89. The van der Waals surface area contributed by atoms with E-state index in [-0.39, 0.29) is 54.4 Å². The lowest BCUT2D eigenvalue weighted by Crippen LogP contribution is -2.49. The number of aryl methyl sites for hydroxylation is 1. The van der Waals surface area contributed by atoms with Gasteiger partial charge in [-0.2, -0.15) is 4.31 Å². The number of halogens is 1. The van der Waals surface area contributed by atoms with E-state index in [1.807, 2.05) is 0 Å². The maximum atomic E-state index is 13.0. The highest BCUT2D eigenvalue weighted by Gasteiger charge is 2.34. The molecule has 1 unspecified atom stereocenters. The van der Waals surface area contributed by atoms with Gasteiger partial charge >= 0.3 is 0 Å². The Morgan fingerprint density at radius 2 is 2.11 bits per heavy atom. The number of benzene rings is 1. The molecule has 11 heteroatoms. The minimum absolute atomic E-state index is 0. The standard InChI is InChI=1S/C16H24N4O5S.ClH/c1-12-10-14(5-6-15(12)20(22)23)26(24,25)19-9-3-2-4-13(19)11-18-16(21)7-8-17;/h5-6,10,13H,2-4,7-9,11,17H2,1H3,(H,18,21);1H. The van der Waals surface area contributed by atoms with E-state index in [0.29, 0.717) is 18.5 Å². The molecule has 1 atom stereocenters. The molecule has 1 fully saturated rings. The topological polar surface area (TPSA) is 136 Å². The van der Waals surface area contributed by atoms with Gasteiger partial charge in [0.2, 0.25) is 15.9 Å². The lowest BCUT2D eigenvalue weighted by atomic mass is 10.1. The molecule has 1 amide bonds. The number of nitro benzene ring substituents is 1. The summed E-state index contributed by atoms with van der Waals surface area (Å²) in [5.41, 5.74) is 5.52.